The molecule has 3 N–H and O–H groups in total. The van der Waals surface area contributed by atoms with Gasteiger partial charge in [-0.3, -0.25) is 9.36 Å². The Balaban J connectivity index is 1.85. The number of nitrogens with zero attached hydrogens (tertiary/aromatic N) is 5. The lowest BCUT2D eigenvalue weighted by Gasteiger charge is -2.37. The molecule has 3 aromatic rings. The third-order valence-electron chi connectivity index (χ3n) is 6.45. The van der Waals surface area contributed by atoms with Gasteiger partial charge in [0, 0.05) is 19.1 Å². The number of para-hydroxylation sites is 1. The summed E-state index contributed by atoms with van der Waals surface area (Å²) in [6.45, 7) is 7.19. The van der Waals surface area contributed by atoms with E-state index in [1.54, 1.807) is 0 Å². The highest BCUT2D eigenvalue weighted by molar-refractivity contribution is 5.89. The number of benzene rings is 1. The van der Waals surface area contributed by atoms with Crippen molar-refractivity contribution in [1.29, 1.82) is 0 Å². The standard InChI is InChI=1S/C23H26F4N6O2/c1-3-31(4-2)13-8-10-32(11-9-13)22-29-18-14(20(28)30-22)12-17(23(25,26)27)33(21(18)35)19-15(24)6-5-7-16(19)34/h5-7,12-13,34H,3-4,8-11H2,1-2H3,(H2,28,29,30). The summed E-state index contributed by atoms with van der Waals surface area (Å²) >= 11 is 0. The van der Waals surface area contributed by atoms with E-state index in [2.05, 4.69) is 28.7 Å². The molecule has 4 rings (SSSR count). The van der Waals surface area contributed by atoms with E-state index in [4.69, 9.17) is 5.73 Å². The minimum atomic E-state index is -5.06. The van der Waals surface area contributed by atoms with Crippen molar-refractivity contribution in [1.82, 2.24) is 19.4 Å². The van der Waals surface area contributed by atoms with Gasteiger partial charge in [-0.05, 0) is 44.1 Å². The number of fused-ring (bicyclic) bond motifs is 1. The molecule has 1 aromatic carbocycles. The molecule has 188 valence electrons. The van der Waals surface area contributed by atoms with Crippen LogP contribution >= 0.6 is 0 Å². The number of pyridine rings is 1. The number of alkyl halides is 3. The number of hydrogen-bond donors (Lipinski definition) is 2. The number of hydrogen-bond acceptors (Lipinski definition) is 7. The molecule has 0 atom stereocenters. The van der Waals surface area contributed by atoms with Gasteiger partial charge in [-0.2, -0.15) is 18.2 Å². The van der Waals surface area contributed by atoms with Crippen molar-refractivity contribution in [2.24, 2.45) is 0 Å². The third-order valence-corrected chi connectivity index (χ3v) is 6.45. The van der Waals surface area contributed by atoms with Crippen LogP contribution in [0.5, 0.6) is 5.75 Å². The van der Waals surface area contributed by atoms with E-state index in [9.17, 15) is 27.5 Å². The fourth-order valence-corrected chi connectivity index (χ4v) is 4.66. The summed E-state index contributed by atoms with van der Waals surface area (Å²) in [4.78, 5) is 25.9. The van der Waals surface area contributed by atoms with Gasteiger partial charge in [-0.25, -0.2) is 9.37 Å². The van der Waals surface area contributed by atoms with Gasteiger partial charge < -0.3 is 20.6 Å². The quantitative estimate of drug-likeness (QED) is 0.524. The lowest BCUT2D eigenvalue weighted by Crippen LogP contribution is -2.45. The van der Waals surface area contributed by atoms with Crippen LogP contribution in [0, 0.1) is 5.82 Å². The largest absolute Gasteiger partial charge is 0.506 e. The lowest BCUT2D eigenvalue weighted by molar-refractivity contribution is -0.142. The fraction of sp³-hybridized carbons (Fsp3) is 0.435. The molecule has 0 bridgehead atoms. The number of nitrogen functional groups attached to an aromatic ring is 1. The maximum Gasteiger partial charge on any atom is 0.431 e. The molecule has 0 saturated carbocycles. The SMILES string of the molecule is CCN(CC)C1CCN(c2nc(N)c3cc(C(F)(F)F)n(-c4c(O)cccc4F)c(=O)c3n2)CC1. The van der Waals surface area contributed by atoms with Gasteiger partial charge in [-0.1, -0.05) is 19.9 Å². The van der Waals surface area contributed by atoms with Crippen LogP contribution in [0.1, 0.15) is 32.4 Å². The highest BCUT2D eigenvalue weighted by atomic mass is 19.4. The maximum atomic E-state index is 14.5. The predicted octanol–water partition coefficient (Wildman–Crippen LogP) is 3.54. The number of piperidine rings is 1. The van der Waals surface area contributed by atoms with E-state index in [0.29, 0.717) is 25.2 Å². The third kappa shape index (κ3) is 4.49. The topological polar surface area (TPSA) is 101 Å². The van der Waals surface area contributed by atoms with Gasteiger partial charge >= 0.3 is 6.18 Å². The number of nitrogens with two attached hydrogens (primary N) is 1. The summed E-state index contributed by atoms with van der Waals surface area (Å²) in [5, 5.41) is 9.82. The minimum absolute atomic E-state index is 0.0931. The molecule has 35 heavy (non-hydrogen) atoms. The van der Waals surface area contributed by atoms with Gasteiger partial charge in [0.2, 0.25) is 5.95 Å². The molecule has 8 nitrogen and oxygen atoms in total. The van der Waals surface area contributed by atoms with Crippen LogP contribution in [0.15, 0.2) is 29.1 Å². The van der Waals surface area contributed by atoms with Crippen LogP contribution in [0.25, 0.3) is 16.6 Å². The molecule has 0 amide bonds. The van der Waals surface area contributed by atoms with Crippen LogP contribution in [-0.2, 0) is 6.18 Å². The number of rotatable bonds is 5. The molecule has 0 aliphatic carbocycles. The first kappa shape index (κ1) is 24.7. The Morgan fingerprint density at radius 1 is 1.17 bits per heavy atom. The summed E-state index contributed by atoms with van der Waals surface area (Å²) in [5.74, 6) is -2.19. The van der Waals surface area contributed by atoms with Gasteiger partial charge in [0.15, 0.2) is 5.82 Å². The van der Waals surface area contributed by atoms with Gasteiger partial charge in [-0.15, -0.1) is 0 Å². The van der Waals surface area contributed by atoms with E-state index in [-0.39, 0.29) is 21.7 Å². The molecule has 2 aromatic heterocycles. The van der Waals surface area contributed by atoms with Crippen molar-refractivity contribution >= 4 is 22.7 Å². The molecule has 3 heterocycles. The molecular formula is C23H26F4N6O2. The zero-order valence-corrected chi connectivity index (χ0v) is 19.3. The first-order valence-electron chi connectivity index (χ1n) is 11.3. The van der Waals surface area contributed by atoms with Crippen molar-refractivity contribution in [3.8, 4) is 11.4 Å². The first-order chi connectivity index (χ1) is 16.6. The van der Waals surface area contributed by atoms with Crippen LogP contribution in [0.3, 0.4) is 0 Å². The lowest BCUT2D eigenvalue weighted by atomic mass is 10.0. The molecule has 12 heteroatoms. The number of halogens is 4. The monoisotopic (exact) mass is 494 g/mol. The second-order valence-corrected chi connectivity index (χ2v) is 8.39. The van der Waals surface area contributed by atoms with Gasteiger partial charge in [0.25, 0.3) is 5.56 Å². The second kappa shape index (κ2) is 9.33. The van der Waals surface area contributed by atoms with Crippen molar-refractivity contribution in [2.75, 3.05) is 36.8 Å². The molecular weight excluding hydrogens is 468 g/mol. The summed E-state index contributed by atoms with van der Waals surface area (Å²) in [7, 11) is 0. The van der Waals surface area contributed by atoms with Crippen LogP contribution < -0.4 is 16.2 Å². The summed E-state index contributed by atoms with van der Waals surface area (Å²) in [6, 6.07) is 3.96. The Bertz CT molecular complexity index is 1280. The normalized spacial score (nSPS) is 15.3. The second-order valence-electron chi connectivity index (χ2n) is 8.39. The average Bonchev–Trinajstić information content (AvgIpc) is 2.81. The van der Waals surface area contributed by atoms with Gasteiger partial charge in [0.1, 0.15) is 28.5 Å². The Labute approximate surface area is 198 Å². The maximum absolute atomic E-state index is 14.5. The highest BCUT2D eigenvalue weighted by Crippen LogP contribution is 2.35. The molecule has 1 saturated heterocycles. The zero-order chi connectivity index (χ0) is 25.5. The van der Waals surface area contributed by atoms with E-state index in [1.165, 1.54) is 0 Å². The van der Waals surface area contributed by atoms with Crippen LogP contribution in [0.2, 0.25) is 0 Å². The molecule has 0 spiro atoms. The van der Waals surface area contributed by atoms with E-state index >= 15 is 0 Å². The number of phenolic OH excluding ortho intramolecular Hbond substituents is 1. The average molecular weight is 494 g/mol. The summed E-state index contributed by atoms with van der Waals surface area (Å²) in [5.41, 5.74) is 1.92. The molecule has 0 unspecified atom stereocenters. The number of phenols is 1. The Morgan fingerprint density at radius 2 is 1.83 bits per heavy atom. The van der Waals surface area contributed by atoms with E-state index in [1.807, 2.05) is 4.90 Å². The summed E-state index contributed by atoms with van der Waals surface area (Å²) < 4.78 is 56.4. The molecule has 1 fully saturated rings. The Kier molecular flexibility index (Phi) is 6.58. The Hall–Kier alpha value is -3.41. The Morgan fingerprint density at radius 3 is 2.40 bits per heavy atom. The first-order valence-corrected chi connectivity index (χ1v) is 11.3. The van der Waals surface area contributed by atoms with Crippen LogP contribution in [-0.4, -0.2) is 56.8 Å². The number of aromatic nitrogens is 3. The van der Waals surface area contributed by atoms with E-state index < -0.39 is 40.2 Å². The van der Waals surface area contributed by atoms with Crippen molar-refractivity contribution in [2.45, 2.75) is 38.9 Å². The van der Waals surface area contributed by atoms with Crippen LogP contribution in [0.4, 0.5) is 29.3 Å². The summed E-state index contributed by atoms with van der Waals surface area (Å²) in [6.07, 6.45) is -3.41. The number of anilines is 2. The zero-order valence-electron chi connectivity index (χ0n) is 19.3. The fourth-order valence-electron chi connectivity index (χ4n) is 4.66. The predicted molar refractivity (Wildman–Crippen MR) is 124 cm³/mol. The smallest absolute Gasteiger partial charge is 0.431 e. The molecule has 0 radical (unpaired) electrons. The number of aromatic hydroxyl groups is 1. The van der Waals surface area contributed by atoms with Crippen molar-refractivity contribution < 1.29 is 22.7 Å². The molecule has 1 aliphatic rings. The van der Waals surface area contributed by atoms with E-state index in [0.717, 1.165) is 44.1 Å². The highest BCUT2D eigenvalue weighted by Gasteiger charge is 2.38. The van der Waals surface area contributed by atoms with Crippen molar-refractivity contribution in [3.05, 3.63) is 46.1 Å². The molecule has 1 aliphatic heterocycles. The van der Waals surface area contributed by atoms with Gasteiger partial charge in [0.05, 0.1) is 5.39 Å². The minimum Gasteiger partial charge on any atom is -0.506 e. The van der Waals surface area contributed by atoms with Crippen molar-refractivity contribution in [3.63, 3.8) is 0 Å².